The van der Waals surface area contributed by atoms with Gasteiger partial charge in [-0.05, 0) is 0 Å². The van der Waals surface area contributed by atoms with E-state index in [1.807, 2.05) is 0 Å². The summed E-state index contributed by atoms with van der Waals surface area (Å²) in [6.45, 7) is 0. The van der Waals surface area contributed by atoms with Crippen molar-refractivity contribution in [3.8, 4) is 0 Å². The number of rotatable bonds is 0. The quantitative estimate of drug-likeness (QED) is 0.282. The zero-order chi connectivity index (χ0) is 2.00. The fourth-order valence-electron chi connectivity index (χ4n) is 0. The van der Waals surface area contributed by atoms with Crippen LogP contribution in [0.2, 0.25) is 0 Å². The van der Waals surface area contributed by atoms with Crippen LogP contribution in [0.5, 0.6) is 0 Å². The summed E-state index contributed by atoms with van der Waals surface area (Å²) in [7, 11) is 0. The molecule has 6 heteroatoms. The fraction of sp³-hybridized carbons (Fsp3) is 0. The summed E-state index contributed by atoms with van der Waals surface area (Å²) in [6.07, 6.45) is 0. The summed E-state index contributed by atoms with van der Waals surface area (Å²) in [5.74, 6) is 0. The SMILES string of the molecule is O.O.OO.[U].[U]. The molecule has 0 unspecified atom stereocenters. The summed E-state index contributed by atoms with van der Waals surface area (Å²) in [4.78, 5) is 0. The van der Waals surface area contributed by atoms with Crippen molar-refractivity contribution in [2.75, 3.05) is 0 Å². The third-order valence-electron chi connectivity index (χ3n) is 0. The second-order valence-corrected chi connectivity index (χ2v) is 0. The van der Waals surface area contributed by atoms with Crippen molar-refractivity contribution < 1.29 is 83.7 Å². The monoisotopic (exact) mass is 546 g/mol. The topological polar surface area (TPSA) is 103 Å². The van der Waals surface area contributed by atoms with Gasteiger partial charge in [0.1, 0.15) is 0 Å². The number of hydrogen-bond donors (Lipinski definition) is 2. The Morgan fingerprint density at radius 2 is 0.667 bits per heavy atom. The second kappa shape index (κ2) is 64.9. The van der Waals surface area contributed by atoms with E-state index in [-0.39, 0.29) is 73.2 Å². The minimum absolute atomic E-state index is 0. The van der Waals surface area contributed by atoms with E-state index in [4.69, 9.17) is 10.5 Å². The largest absolute Gasteiger partial charge is 0.412 e. The summed E-state index contributed by atoms with van der Waals surface area (Å²) in [5.41, 5.74) is 0. The van der Waals surface area contributed by atoms with Gasteiger partial charge < -0.3 is 11.0 Å². The Bertz CT molecular complexity index is 5.51. The molecule has 0 aliphatic heterocycles. The first-order valence-corrected chi connectivity index (χ1v) is 0.200. The second-order valence-electron chi connectivity index (χ2n) is 0. The van der Waals surface area contributed by atoms with Crippen molar-refractivity contribution in [1.29, 1.82) is 0 Å². The van der Waals surface area contributed by atoms with Crippen molar-refractivity contribution in [2.45, 2.75) is 0 Å². The molecule has 0 aromatic carbocycles. The van der Waals surface area contributed by atoms with Crippen LogP contribution < -0.4 is 0 Å². The first-order valence-electron chi connectivity index (χ1n) is 0.200. The van der Waals surface area contributed by atoms with Crippen LogP contribution in [-0.2, 0) is 0 Å². The van der Waals surface area contributed by atoms with Crippen LogP contribution in [0.4, 0.5) is 0 Å². The molecule has 0 heterocycles. The van der Waals surface area contributed by atoms with Gasteiger partial charge in [-0.1, -0.05) is 0 Å². The molecule has 38 valence electrons. The van der Waals surface area contributed by atoms with E-state index < -0.39 is 0 Å². The summed E-state index contributed by atoms with van der Waals surface area (Å²) < 4.78 is 0. The van der Waals surface area contributed by atoms with E-state index >= 15 is 0 Å². The molecule has 0 aromatic heterocycles. The Labute approximate surface area is 82.6 Å². The Morgan fingerprint density at radius 3 is 0.667 bits per heavy atom. The van der Waals surface area contributed by atoms with Gasteiger partial charge in [-0.3, -0.25) is 10.5 Å². The first-order chi connectivity index (χ1) is 1.00. The molecule has 0 fully saturated rings. The maximum Gasteiger partial charge on any atom is 0 e. The van der Waals surface area contributed by atoms with Gasteiger partial charge in [0.15, 0.2) is 0 Å². The summed E-state index contributed by atoms with van der Waals surface area (Å²) in [5, 5.41) is 12.0. The molecule has 0 spiro atoms. The van der Waals surface area contributed by atoms with E-state index in [0.717, 1.165) is 0 Å². The molecule has 0 aromatic rings. The van der Waals surface area contributed by atoms with Crippen LogP contribution in [-0.4, -0.2) is 21.5 Å². The molecule has 0 saturated carbocycles. The Kier molecular flexibility index (Phi) is 478. The van der Waals surface area contributed by atoms with Crippen molar-refractivity contribution in [1.82, 2.24) is 0 Å². The van der Waals surface area contributed by atoms with Gasteiger partial charge in [0, 0.05) is 62.2 Å². The summed E-state index contributed by atoms with van der Waals surface area (Å²) >= 11 is 0. The van der Waals surface area contributed by atoms with Gasteiger partial charge >= 0.3 is 0 Å². The Hall–Kier alpha value is 1.94. The normalized spacial score (nSPS) is 1.00. The summed E-state index contributed by atoms with van der Waals surface area (Å²) in [6, 6.07) is 0. The van der Waals surface area contributed by atoms with Gasteiger partial charge in [-0.25, -0.2) is 0 Å². The molecule has 0 aliphatic rings. The van der Waals surface area contributed by atoms with Crippen molar-refractivity contribution in [3.63, 3.8) is 0 Å². The van der Waals surface area contributed by atoms with Crippen molar-refractivity contribution in [3.05, 3.63) is 0 Å². The molecule has 0 saturated heterocycles. The molecule has 6 heavy (non-hydrogen) atoms. The van der Waals surface area contributed by atoms with Gasteiger partial charge in [0.05, 0.1) is 0 Å². The fourth-order valence-corrected chi connectivity index (χ4v) is 0. The Morgan fingerprint density at radius 1 is 0.667 bits per heavy atom. The molecular formula is H6O4U2. The van der Waals surface area contributed by atoms with E-state index in [9.17, 15) is 0 Å². The molecule has 6 N–H and O–H groups in total. The van der Waals surface area contributed by atoms with Gasteiger partial charge in [0.25, 0.3) is 0 Å². The van der Waals surface area contributed by atoms with Crippen LogP contribution in [0.25, 0.3) is 0 Å². The first kappa shape index (κ1) is 44.2. The molecule has 0 radical (unpaired) electrons. The molecule has 0 rings (SSSR count). The third kappa shape index (κ3) is 38.4. The van der Waals surface area contributed by atoms with E-state index in [0.29, 0.717) is 0 Å². The average molecular weight is 546 g/mol. The van der Waals surface area contributed by atoms with E-state index in [2.05, 4.69) is 0 Å². The van der Waals surface area contributed by atoms with Crippen LogP contribution >= 0.6 is 0 Å². The minimum atomic E-state index is 0. The number of hydrogen-bond acceptors (Lipinski definition) is 2. The average Bonchev–Trinajstić information content (AvgIpc) is 1.00. The zero-order valence-corrected chi connectivity index (χ0v) is 11.2. The molecule has 0 atom stereocenters. The van der Waals surface area contributed by atoms with E-state index in [1.165, 1.54) is 0 Å². The predicted molar refractivity (Wildman–Crippen MR) is 12.5 cm³/mol. The molecule has 4 nitrogen and oxygen atoms in total. The van der Waals surface area contributed by atoms with Gasteiger partial charge in [-0.15, -0.1) is 0 Å². The maximum atomic E-state index is 6.00. The van der Waals surface area contributed by atoms with Crippen LogP contribution in [0.1, 0.15) is 0 Å². The predicted octanol–water partition coefficient (Wildman–Crippen LogP) is -1.63. The standard InChI is InChI=1S/H2O2.2H2O.2U/c1-2;;;;/h1-2H;2*1H2;;. The van der Waals surface area contributed by atoms with Crippen LogP contribution in [0.15, 0.2) is 0 Å². The molecular weight excluding hydrogens is 540 g/mol. The Balaban J connectivity index is -0.000000000833. The molecule has 0 bridgehead atoms. The minimum Gasteiger partial charge on any atom is -0.412 e. The van der Waals surface area contributed by atoms with Crippen LogP contribution in [0, 0.1) is 62.2 Å². The van der Waals surface area contributed by atoms with Gasteiger partial charge in [0.2, 0.25) is 0 Å². The maximum absolute atomic E-state index is 6.00. The smallest absolute Gasteiger partial charge is 0 e. The third-order valence-corrected chi connectivity index (χ3v) is 0. The van der Waals surface area contributed by atoms with Crippen LogP contribution in [0.3, 0.4) is 0 Å². The zero-order valence-electron chi connectivity index (χ0n) is 2.89. The van der Waals surface area contributed by atoms with Gasteiger partial charge in [-0.2, -0.15) is 0 Å². The van der Waals surface area contributed by atoms with E-state index in [1.54, 1.807) is 0 Å². The van der Waals surface area contributed by atoms with Crippen molar-refractivity contribution >= 4 is 0 Å². The molecule has 0 amide bonds. The molecule has 0 aliphatic carbocycles. The van der Waals surface area contributed by atoms with Crippen molar-refractivity contribution in [2.24, 2.45) is 0 Å².